The Kier molecular flexibility index (Phi) is 6.67. The summed E-state index contributed by atoms with van der Waals surface area (Å²) in [5.41, 5.74) is 2.43. The lowest BCUT2D eigenvalue weighted by atomic mass is 9.98. The molecule has 2 aliphatic rings. The van der Waals surface area contributed by atoms with Crippen LogP contribution in [0.5, 0.6) is 0 Å². The molecule has 0 aromatic heterocycles. The maximum absolute atomic E-state index is 4.30. The van der Waals surface area contributed by atoms with Crippen molar-refractivity contribution in [3.8, 4) is 0 Å². The molecule has 0 heterocycles. The lowest BCUT2D eigenvalue weighted by Gasteiger charge is -2.43. The number of hydrogen-bond acceptors (Lipinski definition) is 0. The summed E-state index contributed by atoms with van der Waals surface area (Å²) in [6, 6.07) is 33.1. The highest BCUT2D eigenvalue weighted by Crippen LogP contribution is 2.75. The van der Waals surface area contributed by atoms with Gasteiger partial charge in [-0.1, -0.05) is 93.8 Å². The average Bonchev–Trinajstić information content (AvgIpc) is 3.67. The predicted molar refractivity (Wildman–Crippen MR) is 140 cm³/mol. The van der Waals surface area contributed by atoms with E-state index in [2.05, 4.69) is 116 Å². The van der Waals surface area contributed by atoms with Gasteiger partial charge in [0, 0.05) is 14.7 Å². The van der Waals surface area contributed by atoms with Gasteiger partial charge in [-0.05, 0) is 76.8 Å². The zero-order valence-corrected chi connectivity index (χ0v) is 19.9. The molecule has 3 aromatic carbocycles. The number of rotatable bonds is 6. The summed E-state index contributed by atoms with van der Waals surface area (Å²) in [7, 11) is -1.61. The van der Waals surface area contributed by atoms with Gasteiger partial charge in [-0.25, -0.2) is 0 Å². The van der Waals surface area contributed by atoms with Crippen molar-refractivity contribution < 1.29 is 0 Å². The summed E-state index contributed by atoms with van der Waals surface area (Å²) in [5, 5.41) is 0. The number of allylic oxidation sites excluding steroid dienone is 5. The molecular weight excluding hydrogens is 404 g/mol. The van der Waals surface area contributed by atoms with E-state index in [4.69, 9.17) is 0 Å². The van der Waals surface area contributed by atoms with Crippen LogP contribution in [0.2, 0.25) is 0 Å². The minimum atomic E-state index is -1.61. The molecule has 1 saturated carbocycles. The molecule has 0 bridgehead atoms. The molecule has 2 atom stereocenters. The molecule has 2 aliphatic carbocycles. The second kappa shape index (κ2) is 9.63. The minimum absolute atomic E-state index is 0.610. The van der Waals surface area contributed by atoms with Crippen LogP contribution in [0, 0.1) is 11.8 Å². The molecular formula is C31H32S. The SMILES string of the molecule is C=CC(=C)C1=CC(S(c2ccccc2)(c2ccccc2)c2ccccc2)=CC2CC12.CC. The normalized spacial score (nSPS) is 19.3. The van der Waals surface area contributed by atoms with Gasteiger partial charge in [0.1, 0.15) is 0 Å². The highest BCUT2D eigenvalue weighted by Gasteiger charge is 2.45. The van der Waals surface area contributed by atoms with Crippen LogP contribution in [0.1, 0.15) is 20.3 Å². The Morgan fingerprint density at radius 3 is 1.62 bits per heavy atom. The van der Waals surface area contributed by atoms with Crippen LogP contribution in [0.25, 0.3) is 0 Å². The minimum Gasteiger partial charge on any atom is -0.133 e. The summed E-state index contributed by atoms with van der Waals surface area (Å²) in [4.78, 5) is 5.52. The molecule has 32 heavy (non-hydrogen) atoms. The van der Waals surface area contributed by atoms with Crippen molar-refractivity contribution in [2.75, 3.05) is 0 Å². The van der Waals surface area contributed by atoms with Crippen molar-refractivity contribution >= 4 is 10.0 Å². The van der Waals surface area contributed by atoms with Crippen LogP contribution in [-0.4, -0.2) is 0 Å². The highest BCUT2D eigenvalue weighted by atomic mass is 32.3. The molecule has 0 nitrogen and oxygen atoms in total. The first-order chi connectivity index (χ1) is 15.7. The first-order valence-corrected chi connectivity index (χ1v) is 13.1. The zero-order valence-electron chi connectivity index (χ0n) is 19.1. The Morgan fingerprint density at radius 1 is 0.781 bits per heavy atom. The van der Waals surface area contributed by atoms with E-state index in [-0.39, 0.29) is 0 Å². The fraction of sp³-hybridized carbons (Fsp3) is 0.161. The van der Waals surface area contributed by atoms with Gasteiger partial charge < -0.3 is 0 Å². The van der Waals surface area contributed by atoms with E-state index in [1.807, 2.05) is 19.9 Å². The van der Waals surface area contributed by atoms with Crippen molar-refractivity contribution in [3.63, 3.8) is 0 Å². The molecule has 162 valence electrons. The molecule has 0 N–H and O–H groups in total. The number of hydrogen-bond donors (Lipinski definition) is 0. The smallest absolute Gasteiger partial charge is 0.00228 e. The standard InChI is InChI=1S/C29H26S.C2H6/c1-3-22(2)28-21-27(19-23-20-29(23)28)30(24-13-7-4-8-14-24,25-15-9-5-10-16-25)26-17-11-6-12-18-26;1-2/h3-19,21,23,29H,1-2,20H2;1-2H3. The van der Waals surface area contributed by atoms with Gasteiger partial charge in [0.25, 0.3) is 0 Å². The second-order valence-corrected chi connectivity index (χ2v) is 11.1. The molecule has 0 radical (unpaired) electrons. The van der Waals surface area contributed by atoms with Crippen LogP contribution in [0.15, 0.2) is 153 Å². The van der Waals surface area contributed by atoms with Crippen molar-refractivity contribution in [3.05, 3.63) is 138 Å². The number of fused-ring (bicyclic) bond motifs is 1. The van der Waals surface area contributed by atoms with Gasteiger partial charge in [0.05, 0.1) is 0 Å². The molecule has 0 aliphatic heterocycles. The van der Waals surface area contributed by atoms with Gasteiger partial charge in [-0.15, -0.1) is 10.0 Å². The molecule has 5 rings (SSSR count). The molecule has 0 saturated heterocycles. The van der Waals surface area contributed by atoms with E-state index in [9.17, 15) is 0 Å². The monoisotopic (exact) mass is 436 g/mol. The van der Waals surface area contributed by atoms with Crippen molar-refractivity contribution in [2.45, 2.75) is 35.0 Å². The van der Waals surface area contributed by atoms with Crippen molar-refractivity contribution in [1.29, 1.82) is 0 Å². The largest absolute Gasteiger partial charge is 0.133 e. The van der Waals surface area contributed by atoms with Crippen LogP contribution < -0.4 is 0 Å². The molecule has 1 heteroatoms. The fourth-order valence-electron chi connectivity index (χ4n) is 4.61. The quantitative estimate of drug-likeness (QED) is 0.338. The van der Waals surface area contributed by atoms with E-state index in [1.54, 1.807) is 0 Å². The number of benzene rings is 3. The summed E-state index contributed by atoms with van der Waals surface area (Å²) in [6.07, 6.45) is 8.11. The third-order valence-corrected chi connectivity index (χ3v) is 10.1. The van der Waals surface area contributed by atoms with E-state index in [0.717, 1.165) is 5.57 Å². The Labute approximate surface area is 195 Å². The lowest BCUT2D eigenvalue weighted by molar-refractivity contribution is 0.922. The van der Waals surface area contributed by atoms with Gasteiger partial charge in [-0.2, -0.15) is 0 Å². The summed E-state index contributed by atoms with van der Waals surface area (Å²) < 4.78 is 0. The molecule has 0 spiro atoms. The third-order valence-electron chi connectivity index (χ3n) is 6.18. The maximum atomic E-state index is 4.30. The highest BCUT2D eigenvalue weighted by molar-refractivity contribution is 8.37. The molecule has 0 amide bonds. The second-order valence-electron chi connectivity index (χ2n) is 7.96. The summed E-state index contributed by atoms with van der Waals surface area (Å²) >= 11 is 0. The van der Waals surface area contributed by atoms with Crippen LogP contribution >= 0.6 is 10.0 Å². The van der Waals surface area contributed by atoms with Crippen LogP contribution in [0.3, 0.4) is 0 Å². The van der Waals surface area contributed by atoms with E-state index < -0.39 is 10.0 Å². The third kappa shape index (κ3) is 3.82. The lowest BCUT2D eigenvalue weighted by Crippen LogP contribution is -2.09. The van der Waals surface area contributed by atoms with Crippen molar-refractivity contribution in [1.82, 2.24) is 0 Å². The topological polar surface area (TPSA) is 0 Å². The van der Waals surface area contributed by atoms with E-state index in [1.165, 1.54) is 31.6 Å². The predicted octanol–water partition coefficient (Wildman–Crippen LogP) is 9.20. The van der Waals surface area contributed by atoms with E-state index >= 15 is 0 Å². The Bertz CT molecular complexity index is 1040. The van der Waals surface area contributed by atoms with Crippen LogP contribution in [-0.2, 0) is 0 Å². The average molecular weight is 437 g/mol. The first kappa shape index (κ1) is 22.2. The summed E-state index contributed by atoms with van der Waals surface area (Å²) in [6.45, 7) is 12.3. The van der Waals surface area contributed by atoms with E-state index in [0.29, 0.717) is 11.8 Å². The molecule has 1 fully saturated rings. The molecule has 3 aromatic rings. The van der Waals surface area contributed by atoms with Crippen molar-refractivity contribution in [2.24, 2.45) is 11.8 Å². The Balaban J connectivity index is 0.00000119. The summed E-state index contributed by atoms with van der Waals surface area (Å²) in [5.74, 6) is 1.22. The Morgan fingerprint density at radius 2 is 1.22 bits per heavy atom. The Hall–Kier alpha value is -3.03. The fourth-order valence-corrected chi connectivity index (χ4v) is 8.62. The first-order valence-electron chi connectivity index (χ1n) is 11.5. The van der Waals surface area contributed by atoms with Crippen LogP contribution in [0.4, 0.5) is 0 Å². The van der Waals surface area contributed by atoms with Gasteiger partial charge in [0.2, 0.25) is 0 Å². The maximum Gasteiger partial charge on any atom is 0.00228 e. The van der Waals surface area contributed by atoms with Gasteiger partial charge >= 0.3 is 0 Å². The zero-order chi connectivity index (χ0) is 22.6. The van der Waals surface area contributed by atoms with Gasteiger partial charge in [0.15, 0.2) is 0 Å². The molecule has 2 unspecified atom stereocenters. The van der Waals surface area contributed by atoms with Gasteiger partial charge in [-0.3, -0.25) is 0 Å².